The summed E-state index contributed by atoms with van der Waals surface area (Å²) < 4.78 is 12.8. The number of rotatable bonds is 4. The molecular weight excluding hydrogens is 253 g/mol. The molecule has 0 aromatic heterocycles. The molecule has 0 saturated heterocycles. The molecule has 2 aromatic carbocycles. The van der Waals surface area contributed by atoms with Crippen molar-refractivity contribution < 1.29 is 9.23 Å². The first-order valence-electron chi connectivity index (χ1n) is 6.67. The molecule has 0 fully saturated rings. The van der Waals surface area contributed by atoms with Crippen LogP contribution in [0.5, 0.6) is 5.75 Å². The number of halogens is 1. The number of benzene rings is 2. The molecular formula is C17H18FNO. The average molecular weight is 271 g/mol. The average Bonchev–Trinajstić information content (AvgIpc) is 2.46. The monoisotopic (exact) mass is 271 g/mol. The van der Waals surface area contributed by atoms with Gasteiger partial charge in [-0.1, -0.05) is 29.8 Å². The molecule has 3 heteroatoms. The molecule has 0 atom stereocenters. The van der Waals surface area contributed by atoms with E-state index in [0.717, 1.165) is 17.7 Å². The van der Waals surface area contributed by atoms with Crippen molar-refractivity contribution in [1.82, 2.24) is 0 Å². The van der Waals surface area contributed by atoms with Crippen molar-refractivity contribution in [3.8, 4) is 5.75 Å². The summed E-state index contributed by atoms with van der Waals surface area (Å²) in [6, 6.07) is 12.1. The second-order valence-electron chi connectivity index (χ2n) is 4.74. The molecule has 0 unspecified atom stereocenters. The first-order chi connectivity index (χ1) is 9.60. The maximum atomic E-state index is 12.8. The summed E-state index contributed by atoms with van der Waals surface area (Å²) in [6.07, 6.45) is 0.943. The summed E-state index contributed by atoms with van der Waals surface area (Å²) in [4.78, 5) is 5.34. The minimum absolute atomic E-state index is 0.287. The summed E-state index contributed by atoms with van der Waals surface area (Å²) in [7, 11) is 0. The Hall–Kier alpha value is -2.16. The summed E-state index contributed by atoms with van der Waals surface area (Å²) in [5.41, 5.74) is 4.33. The zero-order chi connectivity index (χ0) is 14.5. The molecule has 2 rings (SSSR count). The topological polar surface area (TPSA) is 21.6 Å². The van der Waals surface area contributed by atoms with E-state index in [9.17, 15) is 4.39 Å². The van der Waals surface area contributed by atoms with Crippen molar-refractivity contribution >= 4 is 5.71 Å². The first kappa shape index (κ1) is 14.3. The van der Waals surface area contributed by atoms with Crippen LogP contribution in [-0.4, -0.2) is 5.71 Å². The van der Waals surface area contributed by atoms with Gasteiger partial charge < -0.3 is 4.84 Å². The highest BCUT2D eigenvalue weighted by molar-refractivity contribution is 5.99. The Morgan fingerprint density at radius 1 is 1.15 bits per heavy atom. The molecule has 0 aliphatic heterocycles. The molecule has 0 spiro atoms. The van der Waals surface area contributed by atoms with Crippen LogP contribution in [0.15, 0.2) is 47.6 Å². The fourth-order valence-electron chi connectivity index (χ4n) is 2.00. The van der Waals surface area contributed by atoms with Crippen LogP contribution in [0.4, 0.5) is 4.39 Å². The van der Waals surface area contributed by atoms with Crippen molar-refractivity contribution in [3.05, 3.63) is 65.0 Å². The minimum atomic E-state index is -0.287. The van der Waals surface area contributed by atoms with Gasteiger partial charge in [0, 0.05) is 5.56 Å². The van der Waals surface area contributed by atoms with Crippen LogP contribution in [0.3, 0.4) is 0 Å². The highest BCUT2D eigenvalue weighted by Crippen LogP contribution is 2.16. The molecule has 0 radical (unpaired) electrons. The Balaban J connectivity index is 2.22. The third-order valence-electron chi connectivity index (χ3n) is 3.14. The van der Waals surface area contributed by atoms with Gasteiger partial charge in [-0.25, -0.2) is 4.39 Å². The lowest BCUT2D eigenvalue weighted by atomic mass is 9.99. The van der Waals surface area contributed by atoms with Crippen LogP contribution in [-0.2, 0) is 6.42 Å². The number of aryl methyl sites for hydroxylation is 2. The van der Waals surface area contributed by atoms with Crippen LogP contribution in [0.2, 0.25) is 0 Å². The summed E-state index contributed by atoms with van der Waals surface area (Å²) >= 11 is 0. The molecule has 20 heavy (non-hydrogen) atoms. The number of oxime groups is 1. The van der Waals surface area contributed by atoms with E-state index in [4.69, 9.17) is 4.84 Å². The molecule has 2 nitrogen and oxygen atoms in total. The van der Waals surface area contributed by atoms with Gasteiger partial charge in [0.2, 0.25) is 0 Å². The van der Waals surface area contributed by atoms with E-state index in [-0.39, 0.29) is 5.82 Å². The summed E-state index contributed by atoms with van der Waals surface area (Å²) in [5.74, 6) is 0.237. The predicted molar refractivity (Wildman–Crippen MR) is 79.8 cm³/mol. The predicted octanol–water partition coefficient (Wildman–Crippen LogP) is 4.50. The lowest BCUT2D eigenvalue weighted by Gasteiger charge is -2.08. The highest BCUT2D eigenvalue weighted by Gasteiger charge is 2.05. The standard InChI is InChI=1S/C17H18FNO/c1-4-14-6-5-12(2)11-17(14)13(3)19-20-16-9-7-15(18)8-10-16/h5-11H,4H2,1-3H3/b19-13+. The van der Waals surface area contributed by atoms with Gasteiger partial charge in [0.25, 0.3) is 0 Å². The Morgan fingerprint density at radius 3 is 2.50 bits per heavy atom. The van der Waals surface area contributed by atoms with Crippen LogP contribution in [0, 0.1) is 12.7 Å². The lowest BCUT2D eigenvalue weighted by molar-refractivity contribution is 0.340. The van der Waals surface area contributed by atoms with Crippen molar-refractivity contribution in [1.29, 1.82) is 0 Å². The van der Waals surface area contributed by atoms with Gasteiger partial charge in [-0.3, -0.25) is 0 Å². The zero-order valence-electron chi connectivity index (χ0n) is 12.0. The largest absolute Gasteiger partial charge is 0.357 e. The fourth-order valence-corrected chi connectivity index (χ4v) is 2.00. The third kappa shape index (κ3) is 3.44. The van der Waals surface area contributed by atoms with Gasteiger partial charge in [-0.05, 0) is 56.2 Å². The second kappa shape index (κ2) is 6.33. The molecule has 0 bridgehead atoms. The summed E-state index contributed by atoms with van der Waals surface area (Å²) in [5, 5.41) is 4.14. The molecule has 0 amide bonds. The Kier molecular flexibility index (Phi) is 4.51. The van der Waals surface area contributed by atoms with Crippen LogP contribution >= 0.6 is 0 Å². The normalized spacial score (nSPS) is 11.5. The van der Waals surface area contributed by atoms with E-state index in [1.807, 2.05) is 6.92 Å². The van der Waals surface area contributed by atoms with E-state index in [0.29, 0.717) is 5.75 Å². The Bertz CT molecular complexity index is 617. The van der Waals surface area contributed by atoms with E-state index in [1.165, 1.54) is 23.3 Å². The van der Waals surface area contributed by atoms with Gasteiger partial charge in [-0.2, -0.15) is 0 Å². The van der Waals surface area contributed by atoms with Crippen molar-refractivity contribution in [2.45, 2.75) is 27.2 Å². The quantitative estimate of drug-likeness (QED) is 0.592. The lowest BCUT2D eigenvalue weighted by Crippen LogP contribution is -2.03. The molecule has 0 saturated carbocycles. The fraction of sp³-hybridized carbons (Fsp3) is 0.235. The molecule has 0 aliphatic rings. The van der Waals surface area contributed by atoms with E-state index in [1.54, 1.807) is 12.1 Å². The summed E-state index contributed by atoms with van der Waals surface area (Å²) in [6.45, 7) is 6.08. The van der Waals surface area contributed by atoms with E-state index >= 15 is 0 Å². The molecule has 2 aromatic rings. The van der Waals surface area contributed by atoms with Crippen LogP contribution < -0.4 is 4.84 Å². The van der Waals surface area contributed by atoms with Gasteiger partial charge in [0.15, 0.2) is 5.75 Å². The first-order valence-corrected chi connectivity index (χ1v) is 6.67. The zero-order valence-corrected chi connectivity index (χ0v) is 12.0. The van der Waals surface area contributed by atoms with E-state index in [2.05, 4.69) is 37.2 Å². The molecule has 0 heterocycles. The van der Waals surface area contributed by atoms with E-state index < -0.39 is 0 Å². The second-order valence-corrected chi connectivity index (χ2v) is 4.74. The Labute approximate surface area is 118 Å². The van der Waals surface area contributed by atoms with Crippen molar-refractivity contribution in [3.63, 3.8) is 0 Å². The van der Waals surface area contributed by atoms with Crippen LogP contribution in [0.25, 0.3) is 0 Å². The molecule has 0 aliphatic carbocycles. The maximum absolute atomic E-state index is 12.8. The van der Waals surface area contributed by atoms with Crippen LogP contribution in [0.1, 0.15) is 30.5 Å². The van der Waals surface area contributed by atoms with Gasteiger partial charge in [0.05, 0.1) is 5.71 Å². The van der Waals surface area contributed by atoms with Gasteiger partial charge in [0.1, 0.15) is 5.82 Å². The maximum Gasteiger partial charge on any atom is 0.158 e. The minimum Gasteiger partial charge on any atom is -0.357 e. The van der Waals surface area contributed by atoms with Gasteiger partial charge in [-0.15, -0.1) is 0 Å². The third-order valence-corrected chi connectivity index (χ3v) is 3.14. The SMILES string of the molecule is CCc1ccc(C)cc1/C(C)=N/Oc1ccc(F)cc1. The number of hydrogen-bond donors (Lipinski definition) is 0. The van der Waals surface area contributed by atoms with Gasteiger partial charge >= 0.3 is 0 Å². The number of nitrogens with zero attached hydrogens (tertiary/aromatic N) is 1. The smallest absolute Gasteiger partial charge is 0.158 e. The van der Waals surface area contributed by atoms with Crippen molar-refractivity contribution in [2.75, 3.05) is 0 Å². The highest BCUT2D eigenvalue weighted by atomic mass is 19.1. The molecule has 104 valence electrons. The number of hydrogen-bond acceptors (Lipinski definition) is 2. The molecule has 0 N–H and O–H groups in total. The van der Waals surface area contributed by atoms with Crippen molar-refractivity contribution in [2.24, 2.45) is 5.16 Å². The Morgan fingerprint density at radius 2 is 1.85 bits per heavy atom.